The lowest BCUT2D eigenvalue weighted by Gasteiger charge is -2.12. The Morgan fingerprint density at radius 1 is 1.24 bits per heavy atom. The molecule has 1 aromatic heterocycles. The summed E-state index contributed by atoms with van der Waals surface area (Å²) in [6.07, 6.45) is 6.47. The standard InChI is InChI=1S/C17H26N2OS/c1-4-6-7-8-9-13(3)18-17-19-15-11-10-14(20-5-2)12-16(15)21-17/h10-13H,4-9H2,1-3H3,(H,18,19). The van der Waals surface area contributed by atoms with E-state index in [1.165, 1.54) is 36.8 Å². The SMILES string of the molecule is CCCCCCC(C)Nc1nc2ccc(OCC)cc2s1. The number of anilines is 1. The number of unbranched alkanes of at least 4 members (excludes halogenated alkanes) is 3. The van der Waals surface area contributed by atoms with Crippen LogP contribution >= 0.6 is 11.3 Å². The van der Waals surface area contributed by atoms with Gasteiger partial charge < -0.3 is 10.1 Å². The van der Waals surface area contributed by atoms with Crippen molar-refractivity contribution in [2.24, 2.45) is 0 Å². The predicted octanol–water partition coefficient (Wildman–Crippen LogP) is 5.47. The average molecular weight is 306 g/mol. The third-order valence-corrected chi connectivity index (χ3v) is 4.48. The molecular formula is C17H26N2OS. The Kier molecular flexibility index (Phi) is 6.30. The highest BCUT2D eigenvalue weighted by atomic mass is 32.1. The van der Waals surface area contributed by atoms with Crippen LogP contribution in [-0.2, 0) is 0 Å². The molecule has 21 heavy (non-hydrogen) atoms. The molecule has 0 saturated heterocycles. The van der Waals surface area contributed by atoms with Crippen molar-refractivity contribution in [3.63, 3.8) is 0 Å². The Bertz CT molecular complexity index is 553. The van der Waals surface area contributed by atoms with Crippen molar-refractivity contribution in [3.05, 3.63) is 18.2 Å². The topological polar surface area (TPSA) is 34.2 Å². The number of benzene rings is 1. The van der Waals surface area contributed by atoms with Crippen molar-refractivity contribution in [2.45, 2.75) is 58.9 Å². The van der Waals surface area contributed by atoms with Gasteiger partial charge in [0.05, 0.1) is 16.8 Å². The molecule has 0 bridgehead atoms. The van der Waals surface area contributed by atoms with Crippen LogP contribution in [0.2, 0.25) is 0 Å². The first-order chi connectivity index (χ1) is 10.2. The number of rotatable bonds is 9. The fourth-order valence-corrected chi connectivity index (χ4v) is 3.39. The zero-order chi connectivity index (χ0) is 15.1. The van der Waals surface area contributed by atoms with Crippen molar-refractivity contribution in [3.8, 4) is 5.75 Å². The van der Waals surface area contributed by atoms with E-state index in [0.29, 0.717) is 12.6 Å². The van der Waals surface area contributed by atoms with Gasteiger partial charge in [0.15, 0.2) is 5.13 Å². The quantitative estimate of drug-likeness (QED) is 0.624. The maximum Gasteiger partial charge on any atom is 0.184 e. The van der Waals surface area contributed by atoms with Crippen molar-refractivity contribution in [1.29, 1.82) is 0 Å². The second kappa shape index (κ2) is 8.23. The van der Waals surface area contributed by atoms with Crippen LogP contribution in [0.1, 0.15) is 52.9 Å². The van der Waals surface area contributed by atoms with Crippen molar-refractivity contribution >= 4 is 26.7 Å². The summed E-state index contributed by atoms with van der Waals surface area (Å²) in [6, 6.07) is 6.58. The maximum atomic E-state index is 5.54. The Morgan fingerprint density at radius 2 is 2.10 bits per heavy atom. The molecule has 0 radical (unpaired) electrons. The molecule has 0 amide bonds. The van der Waals surface area contributed by atoms with E-state index in [2.05, 4.69) is 30.2 Å². The van der Waals surface area contributed by atoms with Crippen LogP contribution in [-0.4, -0.2) is 17.6 Å². The van der Waals surface area contributed by atoms with E-state index >= 15 is 0 Å². The minimum Gasteiger partial charge on any atom is -0.494 e. The van der Waals surface area contributed by atoms with Gasteiger partial charge in [-0.3, -0.25) is 0 Å². The third-order valence-electron chi connectivity index (χ3n) is 3.53. The lowest BCUT2D eigenvalue weighted by Crippen LogP contribution is -2.14. The Morgan fingerprint density at radius 3 is 2.86 bits per heavy atom. The molecule has 3 nitrogen and oxygen atoms in total. The minimum atomic E-state index is 0.480. The smallest absolute Gasteiger partial charge is 0.184 e. The van der Waals surface area contributed by atoms with E-state index in [-0.39, 0.29) is 0 Å². The molecule has 0 fully saturated rings. The van der Waals surface area contributed by atoms with E-state index in [0.717, 1.165) is 16.4 Å². The summed E-state index contributed by atoms with van der Waals surface area (Å²) in [5, 5.41) is 4.54. The van der Waals surface area contributed by atoms with E-state index in [1.54, 1.807) is 11.3 Å². The lowest BCUT2D eigenvalue weighted by molar-refractivity contribution is 0.341. The second-order valence-corrected chi connectivity index (χ2v) is 6.51. The van der Waals surface area contributed by atoms with Gasteiger partial charge in [-0.15, -0.1) is 0 Å². The van der Waals surface area contributed by atoms with Gasteiger partial charge in [0.2, 0.25) is 0 Å². The lowest BCUT2D eigenvalue weighted by atomic mass is 10.1. The van der Waals surface area contributed by atoms with Gasteiger partial charge in [-0.25, -0.2) is 4.98 Å². The first kappa shape index (κ1) is 16.1. The van der Waals surface area contributed by atoms with Crippen molar-refractivity contribution in [2.75, 3.05) is 11.9 Å². The van der Waals surface area contributed by atoms with Crippen LogP contribution in [0.3, 0.4) is 0 Å². The van der Waals surface area contributed by atoms with Crippen LogP contribution in [0, 0.1) is 0 Å². The van der Waals surface area contributed by atoms with Gasteiger partial charge in [-0.05, 0) is 38.5 Å². The molecule has 0 aliphatic carbocycles. The predicted molar refractivity (Wildman–Crippen MR) is 92.6 cm³/mol. The molecule has 0 aliphatic rings. The van der Waals surface area contributed by atoms with Crippen molar-refractivity contribution < 1.29 is 4.74 Å². The minimum absolute atomic E-state index is 0.480. The highest BCUT2D eigenvalue weighted by Gasteiger charge is 2.08. The summed E-state index contributed by atoms with van der Waals surface area (Å²) in [5.74, 6) is 0.924. The van der Waals surface area contributed by atoms with Gasteiger partial charge >= 0.3 is 0 Å². The third kappa shape index (κ3) is 4.88. The molecule has 2 rings (SSSR count). The number of nitrogens with one attached hydrogen (secondary N) is 1. The zero-order valence-electron chi connectivity index (χ0n) is 13.3. The zero-order valence-corrected chi connectivity index (χ0v) is 14.1. The van der Waals surface area contributed by atoms with Crippen LogP contribution in [0.25, 0.3) is 10.2 Å². The molecule has 4 heteroatoms. The fourth-order valence-electron chi connectivity index (χ4n) is 2.38. The monoisotopic (exact) mass is 306 g/mol. The maximum absolute atomic E-state index is 5.54. The van der Waals surface area contributed by atoms with E-state index in [4.69, 9.17) is 4.74 Å². The number of hydrogen-bond acceptors (Lipinski definition) is 4. The molecule has 0 spiro atoms. The number of nitrogens with zero attached hydrogens (tertiary/aromatic N) is 1. The number of hydrogen-bond donors (Lipinski definition) is 1. The van der Waals surface area contributed by atoms with Crippen LogP contribution in [0.15, 0.2) is 18.2 Å². The van der Waals surface area contributed by atoms with Gasteiger partial charge in [-0.2, -0.15) is 0 Å². The Hall–Kier alpha value is -1.29. The number of aromatic nitrogens is 1. The average Bonchev–Trinajstić information content (AvgIpc) is 2.85. The first-order valence-electron chi connectivity index (χ1n) is 8.02. The normalized spacial score (nSPS) is 12.5. The first-order valence-corrected chi connectivity index (χ1v) is 8.84. The van der Waals surface area contributed by atoms with E-state index in [1.807, 2.05) is 19.1 Å². The molecule has 1 N–H and O–H groups in total. The summed E-state index contributed by atoms with van der Waals surface area (Å²) >= 11 is 1.71. The summed E-state index contributed by atoms with van der Waals surface area (Å²) < 4.78 is 6.72. The van der Waals surface area contributed by atoms with E-state index in [9.17, 15) is 0 Å². The highest BCUT2D eigenvalue weighted by molar-refractivity contribution is 7.22. The molecule has 0 aliphatic heterocycles. The summed E-state index contributed by atoms with van der Waals surface area (Å²) in [4.78, 5) is 4.65. The molecule has 1 atom stereocenters. The van der Waals surface area contributed by atoms with Gasteiger partial charge in [-0.1, -0.05) is 43.9 Å². The van der Waals surface area contributed by atoms with Crippen molar-refractivity contribution in [1.82, 2.24) is 4.98 Å². The summed E-state index contributed by atoms with van der Waals surface area (Å²) in [6.45, 7) is 7.19. The van der Waals surface area contributed by atoms with Crippen LogP contribution in [0.4, 0.5) is 5.13 Å². The highest BCUT2D eigenvalue weighted by Crippen LogP contribution is 2.29. The van der Waals surface area contributed by atoms with Crippen LogP contribution in [0.5, 0.6) is 5.75 Å². The Balaban J connectivity index is 1.92. The largest absolute Gasteiger partial charge is 0.494 e. The summed E-state index contributed by atoms with van der Waals surface area (Å²) in [5.41, 5.74) is 1.05. The number of ether oxygens (including phenoxy) is 1. The molecule has 116 valence electrons. The molecule has 1 aromatic carbocycles. The van der Waals surface area contributed by atoms with E-state index < -0.39 is 0 Å². The Labute approximate surface area is 131 Å². The molecule has 1 heterocycles. The van der Waals surface area contributed by atoms with Crippen LogP contribution < -0.4 is 10.1 Å². The fraction of sp³-hybridized carbons (Fsp3) is 0.588. The molecule has 1 unspecified atom stereocenters. The number of thiazole rings is 1. The van der Waals surface area contributed by atoms with Gasteiger partial charge in [0.1, 0.15) is 5.75 Å². The molecule has 2 aromatic rings. The number of fused-ring (bicyclic) bond motifs is 1. The van der Waals surface area contributed by atoms with Gasteiger partial charge in [0, 0.05) is 6.04 Å². The molecular weight excluding hydrogens is 280 g/mol. The second-order valence-electron chi connectivity index (χ2n) is 5.48. The molecule has 0 saturated carbocycles. The summed E-state index contributed by atoms with van der Waals surface area (Å²) in [7, 11) is 0. The van der Waals surface area contributed by atoms with Gasteiger partial charge in [0.25, 0.3) is 0 Å².